The molecule has 0 spiro atoms. The van der Waals surface area contributed by atoms with Gasteiger partial charge in [-0.2, -0.15) is 10.1 Å². The van der Waals surface area contributed by atoms with E-state index in [4.69, 9.17) is 5.73 Å². The molecule has 2 heterocycles. The van der Waals surface area contributed by atoms with Gasteiger partial charge in [0.05, 0.1) is 6.04 Å². The van der Waals surface area contributed by atoms with E-state index in [1.807, 2.05) is 23.1 Å². The number of hydrogen-bond acceptors (Lipinski definition) is 4. The summed E-state index contributed by atoms with van der Waals surface area (Å²) in [6.45, 7) is 2.95. The zero-order valence-electron chi connectivity index (χ0n) is 14.1. The van der Waals surface area contributed by atoms with Crippen molar-refractivity contribution in [3.8, 4) is 0 Å². The van der Waals surface area contributed by atoms with Crippen molar-refractivity contribution in [2.45, 2.75) is 31.7 Å². The Hall–Kier alpha value is -2.37. The lowest BCUT2D eigenvalue weighted by Crippen LogP contribution is -2.33. The number of hydrogen-bond donors (Lipinski definition) is 1. The summed E-state index contributed by atoms with van der Waals surface area (Å²) in [7, 11) is 1.78. The molecule has 0 radical (unpaired) electrons. The summed E-state index contributed by atoms with van der Waals surface area (Å²) >= 11 is 0. The van der Waals surface area contributed by atoms with Crippen LogP contribution in [0.15, 0.2) is 30.3 Å². The van der Waals surface area contributed by atoms with Gasteiger partial charge < -0.3 is 10.6 Å². The lowest BCUT2D eigenvalue weighted by atomic mass is 10.1. The van der Waals surface area contributed by atoms with E-state index in [-0.39, 0.29) is 17.9 Å². The number of anilines is 1. The fourth-order valence-electron chi connectivity index (χ4n) is 4.08. The van der Waals surface area contributed by atoms with Crippen LogP contribution in [0.1, 0.15) is 43.1 Å². The van der Waals surface area contributed by atoms with Gasteiger partial charge in [0.25, 0.3) is 0 Å². The molecule has 2 aliphatic rings. The highest BCUT2D eigenvalue weighted by Gasteiger charge is 2.54. The van der Waals surface area contributed by atoms with E-state index in [0.717, 1.165) is 19.4 Å². The number of nitrogens with zero attached hydrogens (tertiary/aromatic N) is 4. The van der Waals surface area contributed by atoms with E-state index < -0.39 is 0 Å². The molecule has 1 aromatic carbocycles. The molecule has 126 valence electrons. The van der Waals surface area contributed by atoms with Crippen LogP contribution >= 0.6 is 0 Å². The van der Waals surface area contributed by atoms with Gasteiger partial charge in [-0.3, -0.25) is 4.79 Å². The first kappa shape index (κ1) is 15.2. The van der Waals surface area contributed by atoms with Crippen LogP contribution in [-0.4, -0.2) is 32.1 Å². The Kier molecular flexibility index (Phi) is 3.55. The maximum absolute atomic E-state index is 13.1. The number of aryl methyl sites for hydroxylation is 1. The van der Waals surface area contributed by atoms with Crippen molar-refractivity contribution >= 4 is 11.9 Å². The molecule has 1 saturated carbocycles. The number of likely N-dealkylation sites (tertiary alicyclic amines) is 1. The Balaban J connectivity index is 1.54. The lowest BCUT2D eigenvalue weighted by molar-refractivity contribution is -0.134. The average molecular weight is 325 g/mol. The van der Waals surface area contributed by atoms with Crippen molar-refractivity contribution in [1.82, 2.24) is 19.7 Å². The third kappa shape index (κ3) is 2.37. The average Bonchev–Trinajstić information content (AvgIpc) is 2.92. The fraction of sp³-hybridized carbons (Fsp3) is 0.500. The number of rotatable bonds is 3. The zero-order valence-corrected chi connectivity index (χ0v) is 14.1. The Labute approximate surface area is 141 Å². The van der Waals surface area contributed by atoms with Crippen LogP contribution in [0.2, 0.25) is 0 Å². The molecule has 4 atom stereocenters. The van der Waals surface area contributed by atoms with Crippen LogP contribution in [0.5, 0.6) is 0 Å². The highest BCUT2D eigenvalue weighted by molar-refractivity contribution is 5.84. The van der Waals surface area contributed by atoms with Crippen molar-refractivity contribution in [3.63, 3.8) is 0 Å². The topological polar surface area (TPSA) is 77.0 Å². The Morgan fingerprint density at radius 3 is 2.71 bits per heavy atom. The highest BCUT2D eigenvalue weighted by Crippen LogP contribution is 2.55. The quantitative estimate of drug-likeness (QED) is 0.937. The van der Waals surface area contributed by atoms with E-state index in [0.29, 0.717) is 23.6 Å². The maximum atomic E-state index is 13.1. The first-order chi connectivity index (χ1) is 11.6. The number of amides is 1. The second kappa shape index (κ2) is 5.61. The summed E-state index contributed by atoms with van der Waals surface area (Å²) in [5.74, 6) is 2.11. The summed E-state index contributed by atoms with van der Waals surface area (Å²) < 4.78 is 1.57. The predicted octanol–water partition coefficient (Wildman–Crippen LogP) is 2.11. The van der Waals surface area contributed by atoms with Gasteiger partial charge in [-0.1, -0.05) is 37.3 Å². The van der Waals surface area contributed by atoms with E-state index >= 15 is 0 Å². The van der Waals surface area contributed by atoms with E-state index in [1.54, 1.807) is 11.7 Å². The minimum absolute atomic E-state index is 0.0368. The molecule has 2 aromatic rings. The van der Waals surface area contributed by atoms with Gasteiger partial charge in [0.2, 0.25) is 11.9 Å². The number of nitrogen functional groups attached to an aromatic ring is 1. The molecule has 2 N–H and O–H groups in total. The molecular weight excluding hydrogens is 302 g/mol. The Bertz CT molecular complexity index is 737. The molecule has 6 heteroatoms. The first-order valence-electron chi connectivity index (χ1n) is 8.59. The standard InChI is InChI=1S/C18H23N5O/c1-11-14(12-7-4-3-5-8-12)15(11)17(24)23-10-6-9-13(23)16-20-18(19)22(2)21-16/h3-5,7-8,11,13-15H,6,9-10H2,1-2H3,(H2,19,20,21). The smallest absolute Gasteiger partial charge is 0.227 e. The van der Waals surface area contributed by atoms with E-state index in [1.165, 1.54) is 5.56 Å². The molecule has 4 unspecified atom stereocenters. The minimum Gasteiger partial charge on any atom is -0.368 e. The molecule has 1 aromatic heterocycles. The van der Waals surface area contributed by atoms with E-state index in [2.05, 4.69) is 29.1 Å². The first-order valence-corrected chi connectivity index (χ1v) is 8.59. The summed E-state index contributed by atoms with van der Waals surface area (Å²) in [5.41, 5.74) is 7.07. The summed E-state index contributed by atoms with van der Waals surface area (Å²) in [4.78, 5) is 19.4. The highest BCUT2D eigenvalue weighted by atomic mass is 16.2. The monoisotopic (exact) mass is 325 g/mol. The van der Waals surface area contributed by atoms with Crippen LogP contribution in [-0.2, 0) is 11.8 Å². The van der Waals surface area contributed by atoms with Crippen molar-refractivity contribution in [2.24, 2.45) is 18.9 Å². The van der Waals surface area contributed by atoms with Gasteiger partial charge in [-0.05, 0) is 30.2 Å². The van der Waals surface area contributed by atoms with Crippen LogP contribution in [0.4, 0.5) is 5.95 Å². The minimum atomic E-state index is -0.0368. The molecule has 1 aliphatic carbocycles. The van der Waals surface area contributed by atoms with Gasteiger partial charge >= 0.3 is 0 Å². The second-order valence-corrected chi connectivity index (χ2v) is 6.96. The normalized spacial score (nSPS) is 29.0. The molecule has 4 rings (SSSR count). The van der Waals surface area contributed by atoms with Crippen molar-refractivity contribution in [1.29, 1.82) is 0 Å². The molecular formula is C18H23N5O. The third-order valence-electron chi connectivity index (χ3n) is 5.50. The van der Waals surface area contributed by atoms with Crippen LogP contribution in [0, 0.1) is 11.8 Å². The number of aromatic nitrogens is 3. The van der Waals surface area contributed by atoms with Gasteiger partial charge in [0, 0.05) is 19.5 Å². The van der Waals surface area contributed by atoms with Gasteiger partial charge in [0.15, 0.2) is 5.82 Å². The van der Waals surface area contributed by atoms with Crippen LogP contribution < -0.4 is 5.73 Å². The van der Waals surface area contributed by atoms with E-state index in [9.17, 15) is 4.79 Å². The second-order valence-electron chi connectivity index (χ2n) is 6.96. The van der Waals surface area contributed by atoms with Crippen LogP contribution in [0.25, 0.3) is 0 Å². The Morgan fingerprint density at radius 1 is 1.29 bits per heavy atom. The van der Waals surface area contributed by atoms with Gasteiger partial charge in [0.1, 0.15) is 0 Å². The molecule has 1 aliphatic heterocycles. The van der Waals surface area contributed by atoms with Crippen LogP contribution in [0.3, 0.4) is 0 Å². The fourth-order valence-corrected chi connectivity index (χ4v) is 4.08. The third-order valence-corrected chi connectivity index (χ3v) is 5.50. The largest absolute Gasteiger partial charge is 0.368 e. The lowest BCUT2D eigenvalue weighted by Gasteiger charge is -2.23. The van der Waals surface area contributed by atoms with Crippen molar-refractivity contribution < 1.29 is 4.79 Å². The molecule has 24 heavy (non-hydrogen) atoms. The number of carbonyl (C=O) groups excluding carboxylic acids is 1. The molecule has 6 nitrogen and oxygen atoms in total. The number of benzene rings is 1. The van der Waals surface area contributed by atoms with Gasteiger partial charge in [-0.25, -0.2) is 4.68 Å². The number of nitrogens with two attached hydrogens (primary N) is 1. The zero-order chi connectivity index (χ0) is 16.8. The summed E-state index contributed by atoms with van der Waals surface area (Å²) in [6, 6.07) is 10.3. The SMILES string of the molecule is CC1C(C(=O)N2CCCC2c2nc(N)n(C)n2)C1c1ccccc1. The maximum Gasteiger partial charge on any atom is 0.227 e. The predicted molar refractivity (Wildman–Crippen MR) is 90.9 cm³/mol. The molecule has 1 saturated heterocycles. The van der Waals surface area contributed by atoms with Crippen molar-refractivity contribution in [2.75, 3.05) is 12.3 Å². The number of carbonyl (C=O) groups is 1. The van der Waals surface area contributed by atoms with Gasteiger partial charge in [-0.15, -0.1) is 0 Å². The Morgan fingerprint density at radius 2 is 2.04 bits per heavy atom. The van der Waals surface area contributed by atoms with Crippen molar-refractivity contribution in [3.05, 3.63) is 41.7 Å². The summed E-state index contributed by atoms with van der Waals surface area (Å²) in [6.07, 6.45) is 1.90. The molecule has 0 bridgehead atoms. The summed E-state index contributed by atoms with van der Waals surface area (Å²) in [5, 5.41) is 4.39. The molecule has 1 amide bonds. The molecule has 2 fully saturated rings.